The van der Waals surface area contributed by atoms with Crippen LogP contribution in [0.2, 0.25) is 0 Å². The molecule has 0 radical (unpaired) electrons. The Hall–Kier alpha value is -4.38. The van der Waals surface area contributed by atoms with Crippen molar-refractivity contribution in [2.75, 3.05) is 31.3 Å². The molecular weight excluding hydrogens is 526 g/mol. The lowest BCUT2D eigenvalue weighted by molar-refractivity contribution is -0.114. The Morgan fingerprint density at radius 1 is 0.875 bits per heavy atom. The average molecular weight is 554 g/mol. The molecule has 0 N–H and O–H groups in total. The zero-order chi connectivity index (χ0) is 27.7. The fourth-order valence-corrected chi connectivity index (χ4v) is 6.21. The summed E-state index contributed by atoms with van der Waals surface area (Å²) in [5, 5.41) is 10.7. The van der Waals surface area contributed by atoms with E-state index in [1.165, 1.54) is 9.31 Å². The standard InChI is InChI=1S/C30H27N5O4S/c1-22-28(30(36)35(31-22)26-12-6-3-7-13-26)20-24-21-34(25-10-4-2-5-11-25)32-29(24)23-9-8-14-27(19-23)40(37,38)33-15-17-39-18-16-33/h2-14,19-21H,15-18H2,1H3/b28-20-. The highest BCUT2D eigenvalue weighted by Crippen LogP contribution is 2.31. The Morgan fingerprint density at radius 2 is 1.55 bits per heavy atom. The van der Waals surface area contributed by atoms with Gasteiger partial charge >= 0.3 is 0 Å². The largest absolute Gasteiger partial charge is 0.379 e. The van der Waals surface area contributed by atoms with Crippen LogP contribution in [0.4, 0.5) is 5.69 Å². The number of hydrogen-bond acceptors (Lipinski definition) is 6. The third kappa shape index (κ3) is 4.88. The summed E-state index contributed by atoms with van der Waals surface area (Å²) >= 11 is 0. The van der Waals surface area contributed by atoms with Gasteiger partial charge in [-0.1, -0.05) is 48.5 Å². The first kappa shape index (κ1) is 25.9. The molecule has 202 valence electrons. The highest BCUT2D eigenvalue weighted by Gasteiger charge is 2.30. The molecule has 1 aromatic heterocycles. The van der Waals surface area contributed by atoms with Crippen LogP contribution in [-0.4, -0.2) is 60.4 Å². The number of ether oxygens (including phenoxy) is 1. The molecule has 1 saturated heterocycles. The number of amides is 1. The molecule has 0 bridgehead atoms. The first-order valence-corrected chi connectivity index (χ1v) is 14.4. The second kappa shape index (κ2) is 10.6. The Labute approximate surface area is 232 Å². The van der Waals surface area contributed by atoms with Crippen molar-refractivity contribution in [2.24, 2.45) is 5.10 Å². The summed E-state index contributed by atoms with van der Waals surface area (Å²) in [5.41, 5.74) is 4.37. The molecule has 40 heavy (non-hydrogen) atoms. The van der Waals surface area contributed by atoms with E-state index in [-0.39, 0.29) is 10.8 Å². The van der Waals surface area contributed by atoms with Crippen LogP contribution in [0.15, 0.2) is 107 Å². The van der Waals surface area contributed by atoms with Crippen molar-refractivity contribution in [3.05, 3.63) is 102 Å². The highest BCUT2D eigenvalue weighted by atomic mass is 32.2. The molecule has 0 aliphatic carbocycles. The van der Waals surface area contributed by atoms with Gasteiger partial charge in [-0.2, -0.15) is 19.5 Å². The van der Waals surface area contributed by atoms with Crippen molar-refractivity contribution in [1.82, 2.24) is 14.1 Å². The van der Waals surface area contributed by atoms with Gasteiger partial charge in [-0.3, -0.25) is 4.79 Å². The van der Waals surface area contributed by atoms with Crippen LogP contribution in [0, 0.1) is 0 Å². The van der Waals surface area contributed by atoms with Gasteiger partial charge in [0.05, 0.1) is 40.8 Å². The van der Waals surface area contributed by atoms with Gasteiger partial charge in [-0.05, 0) is 49.4 Å². The minimum atomic E-state index is -3.71. The number of hydrogen-bond donors (Lipinski definition) is 0. The normalized spacial score (nSPS) is 17.4. The van der Waals surface area contributed by atoms with Gasteiger partial charge in [0.15, 0.2) is 0 Å². The molecule has 1 fully saturated rings. The van der Waals surface area contributed by atoms with E-state index in [1.54, 1.807) is 35.9 Å². The minimum absolute atomic E-state index is 0.185. The molecule has 2 aliphatic heterocycles. The Bertz CT molecular complexity index is 1720. The fourth-order valence-electron chi connectivity index (χ4n) is 4.75. The van der Waals surface area contributed by atoms with Gasteiger partial charge in [0, 0.05) is 30.4 Å². The smallest absolute Gasteiger partial charge is 0.280 e. The number of benzene rings is 3. The predicted molar refractivity (Wildman–Crippen MR) is 154 cm³/mol. The van der Waals surface area contributed by atoms with Crippen molar-refractivity contribution < 1.29 is 17.9 Å². The topological polar surface area (TPSA) is 97.1 Å². The molecule has 2 aliphatic rings. The molecule has 10 heteroatoms. The summed E-state index contributed by atoms with van der Waals surface area (Å²) in [4.78, 5) is 13.6. The molecule has 4 aromatic rings. The van der Waals surface area contributed by atoms with Crippen molar-refractivity contribution in [3.8, 4) is 16.9 Å². The average Bonchev–Trinajstić information content (AvgIpc) is 3.55. The van der Waals surface area contributed by atoms with Crippen molar-refractivity contribution in [1.29, 1.82) is 0 Å². The molecule has 0 spiro atoms. The molecule has 3 heterocycles. The van der Waals surface area contributed by atoms with Crippen LogP contribution in [0.1, 0.15) is 12.5 Å². The van der Waals surface area contributed by atoms with Crippen LogP contribution >= 0.6 is 0 Å². The van der Waals surface area contributed by atoms with E-state index >= 15 is 0 Å². The summed E-state index contributed by atoms with van der Waals surface area (Å²) < 4.78 is 35.3. The zero-order valence-corrected chi connectivity index (χ0v) is 22.7. The third-order valence-corrected chi connectivity index (χ3v) is 8.74. The maximum absolute atomic E-state index is 13.4. The molecule has 0 unspecified atom stereocenters. The van der Waals surface area contributed by atoms with Crippen molar-refractivity contribution >= 4 is 33.4 Å². The molecule has 0 saturated carbocycles. The predicted octanol–water partition coefficient (Wildman–Crippen LogP) is 4.37. The van der Waals surface area contributed by atoms with Gasteiger partial charge in [-0.25, -0.2) is 13.1 Å². The SMILES string of the molecule is CC1=NN(c2ccccc2)C(=O)/C1=C\c1cn(-c2ccccc2)nc1-c1cccc(S(=O)(=O)N2CCOCC2)c1. The molecule has 6 rings (SSSR count). The van der Waals surface area contributed by atoms with Crippen molar-refractivity contribution in [2.45, 2.75) is 11.8 Å². The number of morpholine rings is 1. The maximum atomic E-state index is 13.4. The summed E-state index contributed by atoms with van der Waals surface area (Å²) in [6, 6.07) is 25.6. The van der Waals surface area contributed by atoms with E-state index in [4.69, 9.17) is 9.84 Å². The lowest BCUT2D eigenvalue weighted by Gasteiger charge is -2.26. The Morgan fingerprint density at radius 3 is 2.25 bits per heavy atom. The second-order valence-corrected chi connectivity index (χ2v) is 11.4. The number of aromatic nitrogens is 2. The van der Waals surface area contributed by atoms with E-state index in [1.807, 2.05) is 72.9 Å². The number of nitrogens with zero attached hydrogens (tertiary/aromatic N) is 5. The van der Waals surface area contributed by atoms with Gasteiger partial charge in [0.2, 0.25) is 10.0 Å². The highest BCUT2D eigenvalue weighted by molar-refractivity contribution is 7.89. The Balaban J connectivity index is 1.43. The maximum Gasteiger partial charge on any atom is 0.280 e. The number of hydrazone groups is 1. The summed E-state index contributed by atoms with van der Waals surface area (Å²) in [6.45, 7) is 3.15. The summed E-state index contributed by atoms with van der Waals surface area (Å²) in [7, 11) is -3.71. The zero-order valence-electron chi connectivity index (χ0n) is 21.8. The van der Waals surface area contributed by atoms with E-state index in [0.717, 1.165) is 5.69 Å². The molecule has 3 aromatic carbocycles. The number of carbonyl (C=O) groups is 1. The van der Waals surface area contributed by atoms with Gasteiger partial charge < -0.3 is 4.74 Å². The Kier molecular flexibility index (Phi) is 6.89. The summed E-state index contributed by atoms with van der Waals surface area (Å²) in [6.07, 6.45) is 3.61. The molecule has 9 nitrogen and oxygen atoms in total. The number of anilines is 1. The number of sulfonamides is 1. The van der Waals surface area contributed by atoms with Crippen LogP contribution in [0.3, 0.4) is 0 Å². The van der Waals surface area contributed by atoms with Crippen molar-refractivity contribution in [3.63, 3.8) is 0 Å². The molecule has 0 atom stereocenters. The monoisotopic (exact) mass is 553 g/mol. The van der Waals surface area contributed by atoms with Crippen LogP contribution in [-0.2, 0) is 19.6 Å². The van der Waals surface area contributed by atoms with Gasteiger partial charge in [0.25, 0.3) is 5.91 Å². The van der Waals surface area contributed by atoms with E-state index in [9.17, 15) is 13.2 Å². The molecular formula is C30H27N5O4S. The third-order valence-electron chi connectivity index (χ3n) is 6.84. The lowest BCUT2D eigenvalue weighted by Crippen LogP contribution is -2.40. The van der Waals surface area contributed by atoms with Crippen LogP contribution in [0.5, 0.6) is 0 Å². The van der Waals surface area contributed by atoms with E-state index in [0.29, 0.717) is 60.1 Å². The quantitative estimate of drug-likeness (QED) is 0.331. The van der Waals surface area contributed by atoms with Gasteiger partial charge in [0.1, 0.15) is 5.69 Å². The van der Waals surface area contributed by atoms with E-state index < -0.39 is 10.0 Å². The van der Waals surface area contributed by atoms with Crippen LogP contribution in [0.25, 0.3) is 23.0 Å². The lowest BCUT2D eigenvalue weighted by atomic mass is 10.0. The molecule has 1 amide bonds. The van der Waals surface area contributed by atoms with E-state index in [2.05, 4.69) is 5.10 Å². The fraction of sp³-hybridized carbons (Fsp3) is 0.167. The van der Waals surface area contributed by atoms with Gasteiger partial charge in [-0.15, -0.1) is 0 Å². The second-order valence-electron chi connectivity index (χ2n) is 9.45. The number of rotatable bonds is 6. The first-order valence-electron chi connectivity index (χ1n) is 12.9. The number of para-hydroxylation sites is 2. The van der Waals surface area contributed by atoms with Crippen LogP contribution < -0.4 is 5.01 Å². The minimum Gasteiger partial charge on any atom is -0.379 e. The summed E-state index contributed by atoms with van der Waals surface area (Å²) in [5.74, 6) is -0.245. The first-order chi connectivity index (χ1) is 19.4. The number of carbonyl (C=O) groups excluding carboxylic acids is 1.